The molecule has 2 N–H and O–H groups in total. The number of benzene rings is 4. The molecule has 9 rings (SSSR count). The summed E-state index contributed by atoms with van der Waals surface area (Å²) >= 11 is 0. The van der Waals surface area contributed by atoms with Crippen molar-refractivity contribution in [1.82, 2.24) is 44.8 Å². The van der Waals surface area contributed by atoms with Gasteiger partial charge >= 0.3 is 0 Å². The van der Waals surface area contributed by atoms with E-state index in [2.05, 4.69) is 47.1 Å². The predicted molar refractivity (Wildman–Crippen MR) is 236 cm³/mol. The van der Waals surface area contributed by atoms with Gasteiger partial charge in [-0.15, -0.1) is 10.2 Å². The molecule has 2 aliphatic heterocycles. The zero-order valence-electron chi connectivity index (χ0n) is 34.0. The second kappa shape index (κ2) is 18.3. The maximum absolute atomic E-state index is 12.7. The van der Waals surface area contributed by atoms with Crippen LogP contribution in [-0.4, -0.2) is 95.9 Å². The van der Waals surface area contributed by atoms with Gasteiger partial charge in [0.25, 0.3) is 0 Å². The Morgan fingerprint density at radius 3 is 1.47 bits per heavy atom. The molecule has 0 aliphatic carbocycles. The van der Waals surface area contributed by atoms with Crippen molar-refractivity contribution in [1.29, 1.82) is 0 Å². The Balaban J connectivity index is 0.848. The van der Waals surface area contributed by atoms with Gasteiger partial charge in [0.15, 0.2) is 0 Å². The number of nitrogens with zero attached hydrogens (tertiary/aromatic N) is 9. The SMILES string of the molecule is O=C(CCCN1CCCCC1)Nc1cccc(-c2cn(-c3ccc4cc5ccc(-n6cc(-c7cccc(NC(=O)CCCN8CCCCC8)c7)nn6)cc5nc4c3)nn2)c1. The van der Waals surface area contributed by atoms with Gasteiger partial charge in [-0.2, -0.15) is 0 Å². The lowest BCUT2D eigenvalue weighted by Crippen LogP contribution is -2.31. The van der Waals surface area contributed by atoms with Crippen LogP contribution in [0.4, 0.5) is 11.4 Å². The van der Waals surface area contributed by atoms with Gasteiger partial charge in [0.1, 0.15) is 11.4 Å². The second-order valence-corrected chi connectivity index (χ2v) is 16.1. The Labute approximate surface area is 349 Å². The van der Waals surface area contributed by atoms with Gasteiger partial charge < -0.3 is 20.4 Å². The first-order valence-corrected chi connectivity index (χ1v) is 21.4. The number of fused-ring (bicyclic) bond motifs is 2. The van der Waals surface area contributed by atoms with E-state index in [0.717, 1.165) is 108 Å². The van der Waals surface area contributed by atoms with E-state index in [4.69, 9.17) is 4.98 Å². The third kappa shape index (κ3) is 9.59. The fraction of sp³-hybridized carbons (Fsp3) is 0.340. The van der Waals surface area contributed by atoms with Crippen LogP contribution in [0.1, 0.15) is 64.2 Å². The highest BCUT2D eigenvalue weighted by molar-refractivity contribution is 5.94. The topological polar surface area (TPSA) is 139 Å². The highest BCUT2D eigenvalue weighted by Crippen LogP contribution is 2.27. The van der Waals surface area contributed by atoms with E-state index < -0.39 is 0 Å². The minimum atomic E-state index is 0.0276. The maximum Gasteiger partial charge on any atom is 0.224 e. The fourth-order valence-corrected chi connectivity index (χ4v) is 8.38. The monoisotopic (exact) mass is 801 g/mol. The van der Waals surface area contributed by atoms with Crippen molar-refractivity contribution in [3.8, 4) is 33.9 Å². The maximum atomic E-state index is 12.7. The first-order valence-electron chi connectivity index (χ1n) is 21.4. The van der Waals surface area contributed by atoms with Crippen LogP contribution in [0.2, 0.25) is 0 Å². The largest absolute Gasteiger partial charge is 0.326 e. The van der Waals surface area contributed by atoms with Crippen molar-refractivity contribution in [3.63, 3.8) is 0 Å². The predicted octanol–water partition coefficient (Wildman–Crippen LogP) is 8.29. The molecule has 5 heterocycles. The molecule has 4 aromatic carbocycles. The van der Waals surface area contributed by atoms with Gasteiger partial charge in [-0.3, -0.25) is 9.59 Å². The Kier molecular flexibility index (Phi) is 12.0. The van der Waals surface area contributed by atoms with Gasteiger partial charge in [-0.1, -0.05) is 59.7 Å². The molecule has 2 fully saturated rings. The Morgan fingerprint density at radius 1 is 0.533 bits per heavy atom. The number of rotatable bonds is 14. The van der Waals surface area contributed by atoms with Gasteiger partial charge in [0.2, 0.25) is 11.8 Å². The van der Waals surface area contributed by atoms with Gasteiger partial charge in [0, 0.05) is 46.1 Å². The molecule has 13 nitrogen and oxygen atoms in total. The van der Waals surface area contributed by atoms with Crippen molar-refractivity contribution in [2.75, 3.05) is 49.9 Å². The lowest BCUT2D eigenvalue weighted by Gasteiger charge is -2.26. The molecule has 60 heavy (non-hydrogen) atoms. The number of piperidine rings is 2. The Bertz CT molecular complexity index is 2430. The number of nitrogens with one attached hydrogen (secondary N) is 2. The molecule has 2 aliphatic rings. The Hall–Kier alpha value is -6.31. The normalized spacial score (nSPS) is 15.1. The number of amides is 2. The molecule has 0 radical (unpaired) electrons. The molecule has 2 amide bonds. The third-order valence-electron chi connectivity index (χ3n) is 11.6. The molecule has 0 unspecified atom stereocenters. The molecule has 0 saturated carbocycles. The third-order valence-corrected chi connectivity index (χ3v) is 11.6. The van der Waals surface area contributed by atoms with Crippen LogP contribution >= 0.6 is 0 Å². The molecule has 2 saturated heterocycles. The van der Waals surface area contributed by atoms with Crippen molar-refractivity contribution < 1.29 is 9.59 Å². The molecule has 7 aromatic rings. The average Bonchev–Trinajstić information content (AvgIpc) is 3.98. The van der Waals surface area contributed by atoms with Crippen molar-refractivity contribution in [2.45, 2.75) is 64.2 Å². The fourth-order valence-electron chi connectivity index (χ4n) is 8.38. The number of hydrogen-bond donors (Lipinski definition) is 2. The zero-order chi connectivity index (χ0) is 40.7. The lowest BCUT2D eigenvalue weighted by atomic mass is 10.1. The van der Waals surface area contributed by atoms with Crippen molar-refractivity contribution in [2.24, 2.45) is 0 Å². The van der Waals surface area contributed by atoms with E-state index in [0.29, 0.717) is 24.2 Å². The molecule has 0 atom stereocenters. The number of carbonyl (C=O) groups excluding carboxylic acids is 2. The molecule has 0 bridgehead atoms. The zero-order valence-corrected chi connectivity index (χ0v) is 34.0. The van der Waals surface area contributed by atoms with E-state index >= 15 is 0 Å². The standard InChI is InChI=1S/C47H51N11O2/c59-46(15-9-25-55-21-3-1-4-22-55)48-38-13-7-11-34(28-38)44-32-57(53-51-44)40-19-17-36-27-37-18-20-41(31-43(37)50-42(36)30-40)58-33-45(52-54-58)35-12-8-14-39(29-35)49-47(60)16-10-26-56-23-5-2-6-24-56/h7-8,11-14,17-20,27-33H,1-6,9-10,15-16,21-26H2,(H,48,59)(H,49,60). The smallest absolute Gasteiger partial charge is 0.224 e. The molecular formula is C47H51N11O2. The minimum Gasteiger partial charge on any atom is -0.326 e. The summed E-state index contributed by atoms with van der Waals surface area (Å²) in [6.07, 6.45) is 14.2. The summed E-state index contributed by atoms with van der Waals surface area (Å²) in [4.78, 5) is 35.4. The van der Waals surface area contributed by atoms with Crippen LogP contribution in [0, 0.1) is 0 Å². The quantitative estimate of drug-likeness (QED) is 0.104. The van der Waals surface area contributed by atoms with E-state index in [1.165, 1.54) is 38.5 Å². The molecular weight excluding hydrogens is 751 g/mol. The number of anilines is 2. The lowest BCUT2D eigenvalue weighted by molar-refractivity contribution is -0.117. The number of aromatic nitrogens is 7. The number of pyridine rings is 1. The minimum absolute atomic E-state index is 0.0276. The first-order chi connectivity index (χ1) is 29.5. The van der Waals surface area contributed by atoms with E-state index in [9.17, 15) is 9.59 Å². The Morgan fingerprint density at radius 2 is 1.00 bits per heavy atom. The average molecular weight is 802 g/mol. The van der Waals surface area contributed by atoms with Crippen LogP contribution in [0.3, 0.4) is 0 Å². The summed E-state index contributed by atoms with van der Waals surface area (Å²) < 4.78 is 3.49. The second-order valence-electron chi connectivity index (χ2n) is 16.1. The highest BCUT2D eigenvalue weighted by atomic mass is 16.2. The summed E-state index contributed by atoms with van der Waals surface area (Å²) in [5, 5.41) is 26.0. The summed E-state index contributed by atoms with van der Waals surface area (Å²) in [5.41, 5.74) is 7.95. The molecule has 3 aromatic heterocycles. The van der Waals surface area contributed by atoms with Crippen LogP contribution in [-0.2, 0) is 9.59 Å². The number of carbonyl (C=O) groups is 2. The molecule has 13 heteroatoms. The number of hydrogen-bond acceptors (Lipinski definition) is 9. The highest BCUT2D eigenvalue weighted by Gasteiger charge is 2.15. The summed E-state index contributed by atoms with van der Waals surface area (Å²) in [5.74, 6) is 0.0551. The molecule has 0 spiro atoms. The van der Waals surface area contributed by atoms with Crippen LogP contribution < -0.4 is 10.6 Å². The van der Waals surface area contributed by atoms with E-state index in [-0.39, 0.29) is 11.8 Å². The van der Waals surface area contributed by atoms with Gasteiger partial charge in [-0.05, 0) is 132 Å². The summed E-state index contributed by atoms with van der Waals surface area (Å²) in [6, 6.07) is 29.7. The van der Waals surface area contributed by atoms with E-state index in [1.54, 1.807) is 9.36 Å². The van der Waals surface area contributed by atoms with Gasteiger partial charge in [0.05, 0.1) is 34.8 Å². The van der Waals surface area contributed by atoms with Crippen molar-refractivity contribution in [3.05, 3.63) is 103 Å². The van der Waals surface area contributed by atoms with Crippen molar-refractivity contribution >= 4 is 45.0 Å². The van der Waals surface area contributed by atoms with Crippen LogP contribution in [0.5, 0.6) is 0 Å². The van der Waals surface area contributed by atoms with Gasteiger partial charge in [-0.25, -0.2) is 14.3 Å². The van der Waals surface area contributed by atoms with Crippen LogP contribution in [0.25, 0.3) is 55.7 Å². The number of likely N-dealkylation sites (tertiary alicyclic amines) is 2. The summed E-state index contributed by atoms with van der Waals surface area (Å²) in [7, 11) is 0. The summed E-state index contributed by atoms with van der Waals surface area (Å²) in [6.45, 7) is 6.52. The van der Waals surface area contributed by atoms with E-state index in [1.807, 2.05) is 97.3 Å². The van der Waals surface area contributed by atoms with Crippen LogP contribution in [0.15, 0.2) is 103 Å². The first kappa shape index (κ1) is 39.2. The molecule has 306 valence electrons.